The maximum Gasteiger partial charge on any atom is 0.315 e. The second-order valence-corrected chi connectivity index (χ2v) is 6.03. The molecule has 2 atom stereocenters. The Morgan fingerprint density at radius 2 is 1.84 bits per heavy atom. The number of carboxylic acid groups (broad SMARTS) is 1. The number of carbonyl (C=O) groups is 2. The highest BCUT2D eigenvalue weighted by Crippen LogP contribution is 2.22. The average molecular weight is 274 g/mol. The normalized spacial score (nSPS) is 14.6. The van der Waals surface area contributed by atoms with Crippen LogP contribution in [0.2, 0.25) is 0 Å². The molecule has 6 nitrogen and oxygen atoms in total. The van der Waals surface area contributed by atoms with Crippen LogP contribution in [-0.4, -0.2) is 42.9 Å². The van der Waals surface area contributed by atoms with E-state index >= 15 is 0 Å². The van der Waals surface area contributed by atoms with Crippen molar-refractivity contribution in [1.29, 1.82) is 0 Å². The molecule has 0 aliphatic carbocycles. The summed E-state index contributed by atoms with van der Waals surface area (Å²) < 4.78 is 4.92. The number of carboxylic acids is 1. The minimum absolute atomic E-state index is 0.0501. The van der Waals surface area contributed by atoms with Crippen LogP contribution >= 0.6 is 0 Å². The summed E-state index contributed by atoms with van der Waals surface area (Å²) in [4.78, 5) is 22.5. The van der Waals surface area contributed by atoms with E-state index in [-0.39, 0.29) is 30.0 Å². The Bertz CT molecular complexity index is 300. The number of amides is 2. The molecule has 3 N–H and O–H groups in total. The van der Waals surface area contributed by atoms with Gasteiger partial charge in [0.25, 0.3) is 0 Å². The van der Waals surface area contributed by atoms with Gasteiger partial charge in [-0.1, -0.05) is 20.8 Å². The Kier molecular flexibility index (Phi) is 7.44. The molecule has 2 unspecified atom stereocenters. The summed E-state index contributed by atoms with van der Waals surface area (Å²) in [5, 5.41) is 14.3. The molecule has 6 heteroatoms. The molecular formula is C13H26N2O4. The first kappa shape index (κ1) is 17.7. The van der Waals surface area contributed by atoms with Crippen LogP contribution in [0, 0.1) is 5.41 Å². The zero-order valence-corrected chi connectivity index (χ0v) is 12.4. The summed E-state index contributed by atoms with van der Waals surface area (Å²) in [7, 11) is 1.56. The van der Waals surface area contributed by atoms with E-state index in [1.807, 2.05) is 27.7 Å². The van der Waals surface area contributed by atoms with Crippen molar-refractivity contribution in [3.8, 4) is 0 Å². The van der Waals surface area contributed by atoms with Gasteiger partial charge in [-0.25, -0.2) is 4.79 Å². The number of carbonyl (C=O) groups excluding carboxylic acids is 1. The topological polar surface area (TPSA) is 87.7 Å². The lowest BCUT2D eigenvalue weighted by atomic mass is 9.87. The first-order valence-electron chi connectivity index (χ1n) is 6.42. The summed E-state index contributed by atoms with van der Waals surface area (Å²) in [5.41, 5.74) is -0.0501. The Morgan fingerprint density at radius 1 is 1.26 bits per heavy atom. The zero-order valence-electron chi connectivity index (χ0n) is 12.4. The molecule has 0 heterocycles. The van der Waals surface area contributed by atoms with E-state index in [0.29, 0.717) is 13.0 Å². The molecule has 19 heavy (non-hydrogen) atoms. The summed E-state index contributed by atoms with van der Waals surface area (Å²) in [5.74, 6) is -0.917. The van der Waals surface area contributed by atoms with Gasteiger partial charge >= 0.3 is 12.0 Å². The van der Waals surface area contributed by atoms with Gasteiger partial charge in [-0.05, 0) is 18.8 Å². The molecule has 112 valence electrons. The highest BCUT2D eigenvalue weighted by Gasteiger charge is 2.23. The molecule has 0 fully saturated rings. The molecule has 0 bridgehead atoms. The first-order valence-corrected chi connectivity index (χ1v) is 6.42. The average Bonchev–Trinajstić information content (AvgIpc) is 2.12. The van der Waals surface area contributed by atoms with Crippen molar-refractivity contribution < 1.29 is 19.4 Å². The lowest BCUT2D eigenvalue weighted by molar-refractivity contribution is -0.137. The second kappa shape index (κ2) is 7.99. The van der Waals surface area contributed by atoms with Crippen molar-refractivity contribution in [2.24, 2.45) is 5.41 Å². The van der Waals surface area contributed by atoms with Crippen molar-refractivity contribution in [1.82, 2.24) is 10.6 Å². The molecule has 0 aromatic heterocycles. The fourth-order valence-electron chi connectivity index (χ4n) is 1.87. The monoisotopic (exact) mass is 274 g/mol. The summed E-state index contributed by atoms with van der Waals surface area (Å²) in [6.07, 6.45) is 0.523. The number of hydrogen-bond acceptors (Lipinski definition) is 3. The second-order valence-electron chi connectivity index (χ2n) is 6.03. The first-order chi connectivity index (χ1) is 8.64. The molecule has 0 aliphatic rings. The van der Waals surface area contributed by atoms with Gasteiger partial charge in [-0.2, -0.15) is 0 Å². The summed E-state index contributed by atoms with van der Waals surface area (Å²) in [6.45, 7) is 8.26. The zero-order chi connectivity index (χ0) is 15.1. The minimum Gasteiger partial charge on any atom is -0.481 e. The van der Waals surface area contributed by atoms with Crippen molar-refractivity contribution in [3.05, 3.63) is 0 Å². The predicted molar refractivity (Wildman–Crippen MR) is 73.1 cm³/mol. The van der Waals surface area contributed by atoms with Gasteiger partial charge in [-0.3, -0.25) is 4.79 Å². The van der Waals surface area contributed by atoms with Crippen LogP contribution in [0.1, 0.15) is 40.5 Å². The number of hydrogen-bond donors (Lipinski definition) is 3. The van der Waals surface area contributed by atoms with Crippen molar-refractivity contribution in [2.75, 3.05) is 13.7 Å². The molecule has 0 spiro atoms. The molecule has 0 aliphatic heterocycles. The van der Waals surface area contributed by atoms with Crippen molar-refractivity contribution in [2.45, 2.75) is 52.6 Å². The highest BCUT2D eigenvalue weighted by molar-refractivity contribution is 5.76. The molecule has 0 rings (SSSR count). The van der Waals surface area contributed by atoms with E-state index in [0.717, 1.165) is 0 Å². The Hall–Kier alpha value is -1.30. The third kappa shape index (κ3) is 10.3. The number of methoxy groups -OCH3 is 1. The summed E-state index contributed by atoms with van der Waals surface area (Å²) in [6, 6.07) is -0.864. The Labute approximate surface area is 114 Å². The fourth-order valence-corrected chi connectivity index (χ4v) is 1.87. The van der Waals surface area contributed by atoms with E-state index in [9.17, 15) is 9.59 Å². The Morgan fingerprint density at radius 3 is 2.26 bits per heavy atom. The quantitative estimate of drug-likeness (QED) is 0.658. The molecule has 2 amide bonds. The third-order valence-electron chi connectivity index (χ3n) is 2.41. The minimum atomic E-state index is -0.917. The third-order valence-corrected chi connectivity index (χ3v) is 2.41. The number of aliphatic carboxylic acids is 1. The van der Waals surface area contributed by atoms with Crippen LogP contribution in [0.3, 0.4) is 0 Å². The predicted octanol–water partition coefficient (Wildman–Crippen LogP) is 1.60. The van der Waals surface area contributed by atoms with Crippen molar-refractivity contribution in [3.63, 3.8) is 0 Å². The number of urea groups is 1. The SMILES string of the molecule is COCC(C)NC(=O)NC(CC(=O)O)CC(C)(C)C. The van der Waals surface area contributed by atoms with Crippen LogP contribution < -0.4 is 10.6 Å². The Balaban J connectivity index is 4.38. The van der Waals surface area contributed by atoms with Gasteiger partial charge in [0.2, 0.25) is 0 Å². The number of ether oxygens (including phenoxy) is 1. The lowest BCUT2D eigenvalue weighted by Gasteiger charge is -2.26. The van der Waals surface area contributed by atoms with Crippen LogP contribution in [0.5, 0.6) is 0 Å². The molecule has 0 saturated heterocycles. The molecular weight excluding hydrogens is 248 g/mol. The molecule has 0 saturated carbocycles. The van der Waals surface area contributed by atoms with Crippen LogP contribution in [0.25, 0.3) is 0 Å². The van der Waals surface area contributed by atoms with Crippen LogP contribution in [0.4, 0.5) is 4.79 Å². The highest BCUT2D eigenvalue weighted by atomic mass is 16.5. The maximum absolute atomic E-state index is 11.7. The van der Waals surface area contributed by atoms with Crippen LogP contribution in [0.15, 0.2) is 0 Å². The van der Waals surface area contributed by atoms with Crippen molar-refractivity contribution >= 4 is 12.0 Å². The van der Waals surface area contributed by atoms with Gasteiger partial charge < -0.3 is 20.5 Å². The smallest absolute Gasteiger partial charge is 0.315 e. The lowest BCUT2D eigenvalue weighted by Crippen LogP contribution is -2.48. The van der Waals surface area contributed by atoms with E-state index in [2.05, 4.69) is 10.6 Å². The van der Waals surface area contributed by atoms with E-state index < -0.39 is 5.97 Å². The fraction of sp³-hybridized carbons (Fsp3) is 0.846. The number of nitrogens with one attached hydrogen (secondary N) is 2. The van der Waals surface area contributed by atoms with Gasteiger partial charge in [0.05, 0.1) is 19.1 Å². The van der Waals surface area contributed by atoms with E-state index in [1.165, 1.54) is 0 Å². The van der Waals surface area contributed by atoms with Gasteiger partial charge in [0.1, 0.15) is 0 Å². The molecule has 0 radical (unpaired) electrons. The number of rotatable bonds is 7. The van der Waals surface area contributed by atoms with Gasteiger partial charge in [0, 0.05) is 13.2 Å². The van der Waals surface area contributed by atoms with Gasteiger partial charge in [0.15, 0.2) is 0 Å². The molecule has 0 aromatic carbocycles. The van der Waals surface area contributed by atoms with E-state index in [4.69, 9.17) is 9.84 Å². The van der Waals surface area contributed by atoms with Gasteiger partial charge in [-0.15, -0.1) is 0 Å². The maximum atomic E-state index is 11.7. The standard InChI is InChI=1S/C13H26N2O4/c1-9(8-19-5)14-12(18)15-10(6-11(16)17)7-13(2,3)4/h9-10H,6-8H2,1-5H3,(H,16,17)(H2,14,15,18). The largest absolute Gasteiger partial charge is 0.481 e. The van der Waals surface area contributed by atoms with Crippen LogP contribution in [-0.2, 0) is 9.53 Å². The summed E-state index contributed by atoms with van der Waals surface area (Å²) >= 11 is 0. The molecule has 0 aromatic rings. The van der Waals surface area contributed by atoms with E-state index in [1.54, 1.807) is 7.11 Å².